The maximum Gasteiger partial charge on any atom is 0.125 e. The molecule has 19 heavy (non-hydrogen) atoms. The van der Waals surface area contributed by atoms with Crippen molar-refractivity contribution < 1.29 is 9.47 Å². The minimum absolute atomic E-state index is 0.410. The first-order valence-electron chi connectivity index (χ1n) is 6.96. The first kappa shape index (κ1) is 14.8. The van der Waals surface area contributed by atoms with Crippen LogP contribution in [0.25, 0.3) is 0 Å². The number of hydrogen-bond acceptors (Lipinski definition) is 3. The minimum Gasteiger partial charge on any atom is -0.493 e. The van der Waals surface area contributed by atoms with Crippen LogP contribution in [-0.4, -0.2) is 26.9 Å². The topological polar surface area (TPSA) is 30.5 Å². The summed E-state index contributed by atoms with van der Waals surface area (Å²) in [6, 6.07) is 6.73. The Bertz CT molecular complexity index is 398. The molecule has 0 fully saturated rings. The molecule has 0 bridgehead atoms. The van der Waals surface area contributed by atoms with E-state index in [4.69, 9.17) is 9.47 Å². The number of benzene rings is 1. The second-order valence-corrected chi connectivity index (χ2v) is 5.80. The molecule has 1 heterocycles. The lowest BCUT2D eigenvalue weighted by molar-refractivity contribution is 0.192. The second kappa shape index (κ2) is 7.88. The van der Waals surface area contributed by atoms with Crippen molar-refractivity contribution in [3.8, 4) is 5.75 Å². The molecule has 106 valence electrons. The number of rotatable bonds is 6. The Morgan fingerprint density at radius 2 is 2.32 bits per heavy atom. The summed E-state index contributed by atoms with van der Waals surface area (Å²) in [6.07, 6.45) is 4.50. The maximum absolute atomic E-state index is 5.81. The van der Waals surface area contributed by atoms with Crippen molar-refractivity contribution in [1.82, 2.24) is 5.32 Å². The fourth-order valence-corrected chi connectivity index (χ4v) is 2.75. The van der Waals surface area contributed by atoms with Crippen LogP contribution in [0, 0.1) is 0 Å². The van der Waals surface area contributed by atoms with E-state index in [0.29, 0.717) is 6.04 Å². The van der Waals surface area contributed by atoms with Gasteiger partial charge in [-0.05, 0) is 44.4 Å². The first-order chi connectivity index (χ1) is 9.31. The zero-order valence-corrected chi connectivity index (χ0v) is 13.0. The van der Waals surface area contributed by atoms with Crippen LogP contribution in [0.3, 0.4) is 0 Å². The Balaban J connectivity index is 1.93. The van der Waals surface area contributed by atoms with E-state index in [9.17, 15) is 0 Å². The van der Waals surface area contributed by atoms with Gasteiger partial charge in [0.15, 0.2) is 0 Å². The number of hydrogen-bond donors (Lipinski definition) is 1. The van der Waals surface area contributed by atoms with E-state index in [1.807, 2.05) is 0 Å². The second-order valence-electron chi connectivity index (χ2n) is 4.88. The number of halogens is 1. The standard InChI is InChI=1S/C15H22BrNO2/c1-18-9-3-2-8-17-14-5-4-10-19-15-11-12(16)6-7-13(14)15/h6-7,11,14,17H,2-5,8-10H2,1H3. The van der Waals surface area contributed by atoms with E-state index >= 15 is 0 Å². The summed E-state index contributed by atoms with van der Waals surface area (Å²) in [5, 5.41) is 3.65. The molecule has 1 unspecified atom stereocenters. The lowest BCUT2D eigenvalue weighted by Crippen LogP contribution is -2.22. The van der Waals surface area contributed by atoms with Crippen LogP contribution < -0.4 is 10.1 Å². The number of nitrogens with one attached hydrogen (secondary N) is 1. The Kier molecular flexibility index (Phi) is 6.14. The molecule has 2 rings (SSSR count). The van der Waals surface area contributed by atoms with E-state index in [1.54, 1.807) is 7.11 Å². The molecule has 0 saturated heterocycles. The zero-order chi connectivity index (χ0) is 13.5. The molecule has 1 aromatic rings. The molecule has 3 nitrogen and oxygen atoms in total. The largest absolute Gasteiger partial charge is 0.493 e. The lowest BCUT2D eigenvalue weighted by atomic mass is 10.0. The number of fused-ring (bicyclic) bond motifs is 1. The fourth-order valence-electron chi connectivity index (χ4n) is 2.41. The summed E-state index contributed by atoms with van der Waals surface area (Å²) in [7, 11) is 1.75. The van der Waals surface area contributed by atoms with Crippen molar-refractivity contribution in [2.24, 2.45) is 0 Å². The average molecular weight is 328 g/mol. The fraction of sp³-hybridized carbons (Fsp3) is 0.600. The molecule has 0 aromatic heterocycles. The Labute approximate surface area is 123 Å². The van der Waals surface area contributed by atoms with Crippen LogP contribution in [0.4, 0.5) is 0 Å². The summed E-state index contributed by atoms with van der Waals surface area (Å²) in [4.78, 5) is 0. The molecule has 0 aliphatic carbocycles. The first-order valence-corrected chi connectivity index (χ1v) is 7.75. The maximum atomic E-state index is 5.81. The Morgan fingerprint density at radius 3 is 3.16 bits per heavy atom. The van der Waals surface area contributed by atoms with Gasteiger partial charge in [0.25, 0.3) is 0 Å². The zero-order valence-electron chi connectivity index (χ0n) is 11.5. The van der Waals surface area contributed by atoms with Gasteiger partial charge in [-0.3, -0.25) is 0 Å². The molecule has 4 heteroatoms. The summed E-state index contributed by atoms with van der Waals surface area (Å²) in [6.45, 7) is 2.69. The molecule has 0 spiro atoms. The highest BCUT2D eigenvalue weighted by Gasteiger charge is 2.19. The molecule has 0 radical (unpaired) electrons. The summed E-state index contributed by atoms with van der Waals surface area (Å²) in [5.74, 6) is 1.02. The van der Waals surface area contributed by atoms with E-state index in [-0.39, 0.29) is 0 Å². The van der Waals surface area contributed by atoms with Gasteiger partial charge >= 0.3 is 0 Å². The average Bonchev–Trinajstić information content (AvgIpc) is 2.60. The van der Waals surface area contributed by atoms with Crippen molar-refractivity contribution in [3.63, 3.8) is 0 Å². The third-order valence-corrected chi connectivity index (χ3v) is 3.90. The summed E-state index contributed by atoms with van der Waals surface area (Å²) >= 11 is 3.50. The molecule has 1 N–H and O–H groups in total. The lowest BCUT2D eigenvalue weighted by Gasteiger charge is -2.18. The third kappa shape index (κ3) is 4.48. The highest BCUT2D eigenvalue weighted by atomic mass is 79.9. The molecule has 1 atom stereocenters. The van der Waals surface area contributed by atoms with Crippen LogP contribution in [0.2, 0.25) is 0 Å². The molecule has 1 aliphatic heterocycles. The third-order valence-electron chi connectivity index (χ3n) is 3.41. The number of methoxy groups -OCH3 is 1. The molecular weight excluding hydrogens is 306 g/mol. The van der Waals surface area contributed by atoms with E-state index in [1.165, 1.54) is 5.56 Å². The normalized spacial score (nSPS) is 18.5. The molecule has 1 aliphatic rings. The van der Waals surface area contributed by atoms with E-state index in [0.717, 1.165) is 55.7 Å². The number of ether oxygens (including phenoxy) is 2. The van der Waals surface area contributed by atoms with Crippen LogP contribution in [0.5, 0.6) is 5.75 Å². The monoisotopic (exact) mass is 327 g/mol. The Hall–Kier alpha value is -0.580. The highest BCUT2D eigenvalue weighted by molar-refractivity contribution is 9.10. The molecule has 0 amide bonds. The van der Waals surface area contributed by atoms with Crippen LogP contribution in [0.1, 0.15) is 37.3 Å². The van der Waals surface area contributed by atoms with Crippen LogP contribution >= 0.6 is 15.9 Å². The van der Waals surface area contributed by atoms with Gasteiger partial charge in [0.2, 0.25) is 0 Å². The van der Waals surface area contributed by atoms with Crippen molar-refractivity contribution in [2.45, 2.75) is 31.7 Å². The van der Waals surface area contributed by atoms with Gasteiger partial charge in [-0.1, -0.05) is 22.0 Å². The van der Waals surface area contributed by atoms with Gasteiger partial charge in [0.05, 0.1) is 6.61 Å². The minimum atomic E-state index is 0.410. The Morgan fingerprint density at radius 1 is 1.42 bits per heavy atom. The van der Waals surface area contributed by atoms with Gasteiger partial charge in [0, 0.05) is 29.8 Å². The van der Waals surface area contributed by atoms with E-state index in [2.05, 4.69) is 39.4 Å². The van der Waals surface area contributed by atoms with Gasteiger partial charge in [-0.25, -0.2) is 0 Å². The van der Waals surface area contributed by atoms with Crippen LogP contribution in [0.15, 0.2) is 22.7 Å². The van der Waals surface area contributed by atoms with Gasteiger partial charge < -0.3 is 14.8 Å². The van der Waals surface area contributed by atoms with Crippen molar-refractivity contribution in [1.29, 1.82) is 0 Å². The van der Waals surface area contributed by atoms with E-state index < -0.39 is 0 Å². The van der Waals surface area contributed by atoms with Crippen molar-refractivity contribution >= 4 is 15.9 Å². The smallest absolute Gasteiger partial charge is 0.125 e. The quantitative estimate of drug-likeness (QED) is 0.808. The molecule has 1 aromatic carbocycles. The summed E-state index contributed by atoms with van der Waals surface area (Å²) in [5.41, 5.74) is 1.28. The SMILES string of the molecule is COCCCCNC1CCCOc2cc(Br)ccc21. The summed E-state index contributed by atoms with van der Waals surface area (Å²) < 4.78 is 12.0. The molecule has 0 saturated carbocycles. The van der Waals surface area contributed by atoms with Gasteiger partial charge in [-0.2, -0.15) is 0 Å². The number of unbranched alkanes of at least 4 members (excludes halogenated alkanes) is 1. The predicted molar refractivity (Wildman–Crippen MR) is 80.7 cm³/mol. The molecular formula is C15H22BrNO2. The van der Waals surface area contributed by atoms with Crippen molar-refractivity contribution in [3.05, 3.63) is 28.2 Å². The predicted octanol–water partition coefficient (Wildman–Crippen LogP) is 3.68. The highest BCUT2D eigenvalue weighted by Crippen LogP contribution is 2.33. The van der Waals surface area contributed by atoms with Crippen LogP contribution in [-0.2, 0) is 4.74 Å². The van der Waals surface area contributed by atoms with Gasteiger partial charge in [0.1, 0.15) is 5.75 Å². The van der Waals surface area contributed by atoms with Gasteiger partial charge in [-0.15, -0.1) is 0 Å². The van der Waals surface area contributed by atoms with Crippen molar-refractivity contribution in [2.75, 3.05) is 26.9 Å².